The summed E-state index contributed by atoms with van der Waals surface area (Å²) in [5.74, 6) is -7.11. The van der Waals surface area contributed by atoms with E-state index in [0.717, 1.165) is 36.4 Å². The molecule has 0 unspecified atom stereocenters. The van der Waals surface area contributed by atoms with Crippen LogP contribution in [0.1, 0.15) is 0 Å². The third kappa shape index (κ3) is 1.95. The Labute approximate surface area is 130 Å². The highest BCUT2D eigenvalue weighted by Crippen LogP contribution is 2.37. The van der Waals surface area contributed by atoms with Crippen molar-refractivity contribution < 1.29 is 26.3 Å². The van der Waals surface area contributed by atoms with Crippen molar-refractivity contribution in [3.8, 4) is 0 Å². The van der Waals surface area contributed by atoms with Crippen molar-refractivity contribution in [3.63, 3.8) is 0 Å². The number of hydrogen-bond acceptors (Lipinski definition) is 0. The fourth-order valence-electron chi connectivity index (χ4n) is 2.98. The van der Waals surface area contributed by atoms with Gasteiger partial charge < -0.3 is 0 Å². The molecule has 120 valence electrons. The fourth-order valence-corrected chi connectivity index (χ4v) is 2.98. The first-order chi connectivity index (χ1) is 11.4. The number of halogens is 6. The Morgan fingerprint density at radius 1 is 0.292 bits per heavy atom. The van der Waals surface area contributed by atoms with E-state index in [9.17, 15) is 26.3 Å². The second kappa shape index (κ2) is 4.87. The first kappa shape index (κ1) is 14.8. The number of benzene rings is 4. The number of hydrogen-bond donors (Lipinski definition) is 0. The molecule has 0 aliphatic carbocycles. The van der Waals surface area contributed by atoms with Crippen LogP contribution in [0.3, 0.4) is 0 Å². The van der Waals surface area contributed by atoms with Gasteiger partial charge in [0.2, 0.25) is 0 Å². The van der Waals surface area contributed by atoms with Gasteiger partial charge in [0.05, 0.1) is 0 Å². The summed E-state index contributed by atoms with van der Waals surface area (Å²) in [5.41, 5.74) is 0. The number of rotatable bonds is 0. The summed E-state index contributed by atoms with van der Waals surface area (Å²) >= 11 is 0. The zero-order valence-corrected chi connectivity index (χ0v) is 11.7. The van der Waals surface area contributed by atoms with Crippen molar-refractivity contribution in [1.29, 1.82) is 0 Å². The molecule has 0 saturated carbocycles. The van der Waals surface area contributed by atoms with Crippen molar-refractivity contribution in [2.24, 2.45) is 0 Å². The van der Waals surface area contributed by atoms with Gasteiger partial charge in [-0.1, -0.05) is 0 Å². The van der Waals surface area contributed by atoms with Gasteiger partial charge in [-0.2, -0.15) is 0 Å². The van der Waals surface area contributed by atoms with Crippen LogP contribution in [-0.2, 0) is 0 Å². The standard InChI is InChI=1S/C18H6F6/c19-13-1-7-8(2-14(13)20)10-4-17(23)18(24)6-12(10)11-5-16(22)15(21)3-9(7)11/h1-6H. The van der Waals surface area contributed by atoms with Gasteiger partial charge in [0, 0.05) is 0 Å². The average Bonchev–Trinajstić information content (AvgIpc) is 2.53. The zero-order chi connectivity index (χ0) is 17.2. The van der Waals surface area contributed by atoms with Gasteiger partial charge in [0.15, 0.2) is 34.9 Å². The Bertz CT molecular complexity index is 896. The Kier molecular flexibility index (Phi) is 3.00. The smallest absolute Gasteiger partial charge is 0.159 e. The van der Waals surface area contributed by atoms with Crippen LogP contribution >= 0.6 is 0 Å². The summed E-state index contributed by atoms with van der Waals surface area (Å²) in [6.07, 6.45) is 0. The molecule has 4 rings (SSSR count). The summed E-state index contributed by atoms with van der Waals surface area (Å²) in [6, 6.07) is 4.95. The molecule has 0 aliphatic heterocycles. The molecule has 0 amide bonds. The van der Waals surface area contributed by atoms with E-state index in [2.05, 4.69) is 0 Å². The summed E-state index contributed by atoms with van der Waals surface area (Å²) in [5, 5.41) is 0.424. The predicted octanol–water partition coefficient (Wildman–Crippen LogP) is 5.98. The van der Waals surface area contributed by atoms with Gasteiger partial charge in [-0.15, -0.1) is 0 Å². The van der Waals surface area contributed by atoms with Crippen LogP contribution in [0.5, 0.6) is 0 Å². The van der Waals surface area contributed by atoms with Crippen LogP contribution in [0.2, 0.25) is 0 Å². The van der Waals surface area contributed by atoms with Crippen LogP contribution in [0.25, 0.3) is 32.3 Å². The van der Waals surface area contributed by atoms with E-state index in [1.807, 2.05) is 0 Å². The molecule has 0 nitrogen and oxygen atoms in total. The molecule has 0 N–H and O–H groups in total. The molecule has 0 radical (unpaired) electrons. The highest BCUT2D eigenvalue weighted by Gasteiger charge is 2.17. The quantitative estimate of drug-likeness (QED) is 0.274. The van der Waals surface area contributed by atoms with Gasteiger partial charge >= 0.3 is 0 Å². The minimum Gasteiger partial charge on any atom is -0.204 e. The molecule has 4 aromatic carbocycles. The molecule has 24 heavy (non-hydrogen) atoms. The van der Waals surface area contributed by atoms with Gasteiger partial charge in [0.25, 0.3) is 0 Å². The molecule has 0 aromatic heterocycles. The summed E-state index contributed by atoms with van der Waals surface area (Å²) in [4.78, 5) is 0. The van der Waals surface area contributed by atoms with E-state index in [-0.39, 0.29) is 32.3 Å². The SMILES string of the molecule is Fc1cc2c3cc(F)c(F)cc3c3cc(F)c(F)cc3c2cc1F. The second-order valence-electron chi connectivity index (χ2n) is 5.44. The highest BCUT2D eigenvalue weighted by molar-refractivity contribution is 6.25. The normalized spacial score (nSPS) is 11.8. The van der Waals surface area contributed by atoms with E-state index in [0.29, 0.717) is 0 Å². The highest BCUT2D eigenvalue weighted by atomic mass is 19.2. The maximum atomic E-state index is 13.6. The van der Waals surface area contributed by atoms with Gasteiger partial charge in [-0.05, 0) is 68.7 Å². The van der Waals surface area contributed by atoms with E-state index in [4.69, 9.17) is 0 Å². The van der Waals surface area contributed by atoms with Gasteiger partial charge in [-0.25, -0.2) is 26.3 Å². The summed E-state index contributed by atoms with van der Waals surface area (Å²) < 4.78 is 81.7. The predicted molar refractivity (Wildman–Crippen MR) is 78.7 cm³/mol. The zero-order valence-electron chi connectivity index (χ0n) is 11.7. The molecule has 6 heteroatoms. The molecular weight excluding hydrogens is 330 g/mol. The molecule has 0 saturated heterocycles. The van der Waals surface area contributed by atoms with E-state index in [1.54, 1.807) is 0 Å². The Balaban J connectivity index is 2.40. The Morgan fingerprint density at radius 3 is 0.542 bits per heavy atom. The summed E-state index contributed by atoms with van der Waals surface area (Å²) in [7, 11) is 0. The lowest BCUT2D eigenvalue weighted by Crippen LogP contribution is -1.93. The Morgan fingerprint density at radius 2 is 0.417 bits per heavy atom. The minimum absolute atomic E-state index is 0.0707. The lowest BCUT2D eigenvalue weighted by Gasteiger charge is -2.12. The number of fused-ring (bicyclic) bond motifs is 6. The Hall–Kier alpha value is -2.76. The first-order valence-electron chi connectivity index (χ1n) is 6.85. The van der Waals surface area contributed by atoms with Crippen molar-refractivity contribution in [3.05, 3.63) is 71.3 Å². The maximum Gasteiger partial charge on any atom is 0.159 e. The topological polar surface area (TPSA) is 0 Å². The van der Waals surface area contributed by atoms with Crippen molar-refractivity contribution in [2.75, 3.05) is 0 Å². The molecule has 0 aliphatic rings. The van der Waals surface area contributed by atoms with Gasteiger partial charge in [-0.3, -0.25) is 0 Å². The first-order valence-corrected chi connectivity index (χ1v) is 6.85. The van der Waals surface area contributed by atoms with Crippen LogP contribution in [0.15, 0.2) is 36.4 Å². The van der Waals surface area contributed by atoms with E-state index < -0.39 is 34.9 Å². The van der Waals surface area contributed by atoms with Crippen molar-refractivity contribution >= 4 is 32.3 Å². The average molecular weight is 336 g/mol. The molecule has 4 aromatic rings. The van der Waals surface area contributed by atoms with Crippen molar-refractivity contribution in [1.82, 2.24) is 0 Å². The van der Waals surface area contributed by atoms with E-state index >= 15 is 0 Å². The molecule has 0 spiro atoms. The van der Waals surface area contributed by atoms with Crippen LogP contribution in [0, 0.1) is 34.9 Å². The van der Waals surface area contributed by atoms with Crippen LogP contribution in [-0.4, -0.2) is 0 Å². The van der Waals surface area contributed by atoms with Crippen LogP contribution < -0.4 is 0 Å². The molecule has 0 heterocycles. The van der Waals surface area contributed by atoms with Gasteiger partial charge in [0.1, 0.15) is 0 Å². The molecule has 0 fully saturated rings. The van der Waals surface area contributed by atoms with Crippen LogP contribution in [0.4, 0.5) is 26.3 Å². The third-order valence-electron chi connectivity index (χ3n) is 4.05. The lowest BCUT2D eigenvalue weighted by molar-refractivity contribution is 0.509. The molecular formula is C18H6F6. The third-order valence-corrected chi connectivity index (χ3v) is 4.05. The largest absolute Gasteiger partial charge is 0.204 e. The monoisotopic (exact) mass is 336 g/mol. The van der Waals surface area contributed by atoms with Crippen molar-refractivity contribution in [2.45, 2.75) is 0 Å². The fraction of sp³-hybridized carbons (Fsp3) is 0. The second-order valence-corrected chi connectivity index (χ2v) is 5.44. The molecule has 0 bridgehead atoms. The summed E-state index contributed by atoms with van der Waals surface area (Å²) in [6.45, 7) is 0. The lowest BCUT2D eigenvalue weighted by atomic mass is 9.93. The minimum atomic E-state index is -1.18. The molecule has 0 atom stereocenters. The van der Waals surface area contributed by atoms with E-state index in [1.165, 1.54) is 0 Å². The maximum absolute atomic E-state index is 13.6.